The fraction of sp³-hybridized carbons (Fsp3) is 0.312. The van der Waals surface area contributed by atoms with Gasteiger partial charge in [0.2, 0.25) is 0 Å². The van der Waals surface area contributed by atoms with Crippen LogP contribution in [0.25, 0.3) is 0 Å². The molecule has 1 unspecified atom stereocenters. The van der Waals surface area contributed by atoms with Crippen LogP contribution in [0.3, 0.4) is 0 Å². The molecule has 1 heterocycles. The maximum atomic E-state index is 12.6. The number of ketones is 1. The highest BCUT2D eigenvalue weighted by molar-refractivity contribution is 7.14. The number of Topliss-reactive ketones (excluding diaryl/α,β-unsaturated/α-hetero) is 1. The largest absolute Gasteiger partial charge is 0.293 e. The first-order chi connectivity index (χ1) is 8.63. The van der Waals surface area contributed by atoms with Crippen molar-refractivity contribution in [1.82, 2.24) is 0 Å². The summed E-state index contributed by atoms with van der Waals surface area (Å²) in [6, 6.07) is 12.2. The van der Waals surface area contributed by atoms with Gasteiger partial charge in [0.25, 0.3) is 0 Å². The standard InChI is InChI=1S/C16H18OS/c1-4-14(13-8-6-5-7-9-13)15(17)16-11(2)10-12(3)18-16/h5-10,14H,4H2,1-3H3. The Morgan fingerprint density at radius 3 is 2.39 bits per heavy atom. The van der Waals surface area contributed by atoms with Crippen LogP contribution in [0.2, 0.25) is 0 Å². The van der Waals surface area contributed by atoms with Crippen LogP contribution in [0.1, 0.15) is 44.9 Å². The Morgan fingerprint density at radius 2 is 1.89 bits per heavy atom. The van der Waals surface area contributed by atoms with Crippen LogP contribution in [0, 0.1) is 13.8 Å². The third kappa shape index (κ3) is 2.54. The van der Waals surface area contributed by atoms with E-state index in [1.54, 1.807) is 11.3 Å². The zero-order valence-electron chi connectivity index (χ0n) is 11.1. The van der Waals surface area contributed by atoms with E-state index in [0.29, 0.717) is 0 Å². The molecule has 2 aromatic rings. The van der Waals surface area contributed by atoms with E-state index in [0.717, 1.165) is 22.4 Å². The van der Waals surface area contributed by atoms with Crippen LogP contribution in [0.15, 0.2) is 36.4 Å². The number of thiophene rings is 1. The Hall–Kier alpha value is -1.41. The third-order valence-electron chi connectivity index (χ3n) is 3.19. The molecule has 0 bridgehead atoms. The molecule has 0 spiro atoms. The van der Waals surface area contributed by atoms with Gasteiger partial charge in [0.15, 0.2) is 5.78 Å². The second-order valence-corrected chi connectivity index (χ2v) is 5.86. The maximum Gasteiger partial charge on any atom is 0.180 e. The van der Waals surface area contributed by atoms with E-state index >= 15 is 0 Å². The summed E-state index contributed by atoms with van der Waals surface area (Å²) in [7, 11) is 0. The van der Waals surface area contributed by atoms with Crippen LogP contribution in [-0.2, 0) is 0 Å². The highest BCUT2D eigenvalue weighted by Crippen LogP contribution is 2.30. The molecule has 1 atom stereocenters. The zero-order valence-corrected chi connectivity index (χ0v) is 11.9. The van der Waals surface area contributed by atoms with Crippen molar-refractivity contribution < 1.29 is 4.79 Å². The van der Waals surface area contributed by atoms with Gasteiger partial charge in [-0.05, 0) is 37.5 Å². The fourth-order valence-corrected chi connectivity index (χ4v) is 3.32. The molecule has 0 N–H and O–H groups in total. The third-order valence-corrected chi connectivity index (χ3v) is 4.36. The Balaban J connectivity index is 2.34. The monoisotopic (exact) mass is 258 g/mol. The lowest BCUT2D eigenvalue weighted by molar-refractivity contribution is 0.0961. The smallest absolute Gasteiger partial charge is 0.180 e. The Bertz CT molecular complexity index is 539. The molecule has 0 fully saturated rings. The van der Waals surface area contributed by atoms with Crippen LogP contribution in [0.4, 0.5) is 0 Å². The summed E-state index contributed by atoms with van der Waals surface area (Å²) < 4.78 is 0. The predicted octanol–water partition coefficient (Wildman–Crippen LogP) is 4.74. The topological polar surface area (TPSA) is 17.1 Å². The molecule has 0 saturated heterocycles. The van der Waals surface area contributed by atoms with E-state index in [-0.39, 0.29) is 11.7 Å². The SMILES string of the molecule is CCC(C(=O)c1sc(C)cc1C)c1ccccc1. The number of hydrogen-bond donors (Lipinski definition) is 0. The first kappa shape index (κ1) is 13.0. The number of rotatable bonds is 4. The average Bonchev–Trinajstić information content (AvgIpc) is 2.70. The van der Waals surface area contributed by atoms with Gasteiger partial charge in [-0.25, -0.2) is 0 Å². The maximum absolute atomic E-state index is 12.6. The van der Waals surface area contributed by atoms with E-state index in [9.17, 15) is 4.79 Å². The lowest BCUT2D eigenvalue weighted by Gasteiger charge is -2.13. The van der Waals surface area contributed by atoms with Gasteiger partial charge in [-0.15, -0.1) is 11.3 Å². The van der Waals surface area contributed by atoms with E-state index in [4.69, 9.17) is 0 Å². The molecule has 1 nitrogen and oxygen atoms in total. The van der Waals surface area contributed by atoms with Crippen molar-refractivity contribution in [2.75, 3.05) is 0 Å². The summed E-state index contributed by atoms with van der Waals surface area (Å²) in [5, 5.41) is 0. The second kappa shape index (κ2) is 5.49. The molecular formula is C16H18OS. The minimum Gasteiger partial charge on any atom is -0.293 e. The van der Waals surface area contributed by atoms with Gasteiger partial charge in [-0.1, -0.05) is 37.3 Å². The number of carbonyl (C=O) groups is 1. The molecule has 94 valence electrons. The molecule has 0 aliphatic carbocycles. The van der Waals surface area contributed by atoms with E-state index in [2.05, 4.69) is 19.9 Å². The second-order valence-electron chi connectivity index (χ2n) is 4.60. The molecule has 0 amide bonds. The average molecular weight is 258 g/mol. The van der Waals surface area contributed by atoms with Crippen molar-refractivity contribution in [3.63, 3.8) is 0 Å². The van der Waals surface area contributed by atoms with E-state index in [1.165, 1.54) is 4.88 Å². The van der Waals surface area contributed by atoms with Crippen LogP contribution in [0.5, 0.6) is 0 Å². The first-order valence-electron chi connectivity index (χ1n) is 6.29. The Morgan fingerprint density at radius 1 is 1.22 bits per heavy atom. The zero-order chi connectivity index (χ0) is 13.1. The predicted molar refractivity (Wildman–Crippen MR) is 77.6 cm³/mol. The number of carbonyl (C=O) groups excluding carboxylic acids is 1. The summed E-state index contributed by atoms with van der Waals surface area (Å²) in [4.78, 5) is 14.7. The van der Waals surface area contributed by atoms with Crippen LogP contribution in [-0.4, -0.2) is 5.78 Å². The fourth-order valence-electron chi connectivity index (χ4n) is 2.30. The van der Waals surface area contributed by atoms with Gasteiger partial charge in [0.05, 0.1) is 4.88 Å². The minimum absolute atomic E-state index is 0.0112. The summed E-state index contributed by atoms with van der Waals surface area (Å²) in [5.41, 5.74) is 2.23. The van der Waals surface area contributed by atoms with Crippen molar-refractivity contribution in [3.8, 4) is 0 Å². The van der Waals surface area contributed by atoms with Gasteiger partial charge in [-0.2, -0.15) is 0 Å². The molecule has 1 aromatic carbocycles. The highest BCUT2D eigenvalue weighted by atomic mass is 32.1. The van der Waals surface area contributed by atoms with Gasteiger partial charge in [0, 0.05) is 10.8 Å². The summed E-state index contributed by atoms with van der Waals surface area (Å²) in [6.45, 7) is 6.15. The highest BCUT2D eigenvalue weighted by Gasteiger charge is 2.22. The molecular weight excluding hydrogens is 240 g/mol. The number of aryl methyl sites for hydroxylation is 2. The van der Waals surface area contributed by atoms with Gasteiger partial charge >= 0.3 is 0 Å². The minimum atomic E-state index is -0.0112. The molecule has 0 saturated carbocycles. The summed E-state index contributed by atoms with van der Waals surface area (Å²) in [6.07, 6.45) is 0.846. The van der Waals surface area contributed by atoms with Gasteiger partial charge in [0.1, 0.15) is 0 Å². The molecule has 0 aliphatic rings. The summed E-state index contributed by atoms with van der Waals surface area (Å²) in [5.74, 6) is 0.252. The Kier molecular flexibility index (Phi) is 3.97. The molecule has 2 heteroatoms. The van der Waals surface area contributed by atoms with Crippen LogP contribution >= 0.6 is 11.3 Å². The molecule has 18 heavy (non-hydrogen) atoms. The Labute approximate surface area is 112 Å². The molecule has 0 radical (unpaired) electrons. The lowest BCUT2D eigenvalue weighted by atomic mass is 9.91. The molecule has 1 aromatic heterocycles. The lowest BCUT2D eigenvalue weighted by Crippen LogP contribution is -2.11. The molecule has 2 rings (SSSR count). The van der Waals surface area contributed by atoms with Crippen molar-refractivity contribution in [3.05, 3.63) is 57.3 Å². The van der Waals surface area contributed by atoms with Gasteiger partial charge < -0.3 is 0 Å². The normalized spacial score (nSPS) is 12.4. The number of hydrogen-bond acceptors (Lipinski definition) is 2. The van der Waals surface area contributed by atoms with Crippen molar-refractivity contribution in [2.24, 2.45) is 0 Å². The van der Waals surface area contributed by atoms with Crippen molar-refractivity contribution in [2.45, 2.75) is 33.1 Å². The van der Waals surface area contributed by atoms with Crippen molar-refractivity contribution >= 4 is 17.1 Å². The van der Waals surface area contributed by atoms with E-state index in [1.807, 2.05) is 37.3 Å². The van der Waals surface area contributed by atoms with E-state index < -0.39 is 0 Å². The molecule has 0 aliphatic heterocycles. The quantitative estimate of drug-likeness (QED) is 0.724. The van der Waals surface area contributed by atoms with Crippen molar-refractivity contribution in [1.29, 1.82) is 0 Å². The van der Waals surface area contributed by atoms with Crippen LogP contribution < -0.4 is 0 Å². The summed E-state index contributed by atoms with van der Waals surface area (Å²) >= 11 is 1.61. The first-order valence-corrected chi connectivity index (χ1v) is 7.11. The van der Waals surface area contributed by atoms with Gasteiger partial charge in [-0.3, -0.25) is 4.79 Å². The number of benzene rings is 1.